The van der Waals surface area contributed by atoms with Gasteiger partial charge in [-0.15, -0.1) is 0 Å². The highest BCUT2D eigenvalue weighted by Crippen LogP contribution is 2.25. The third-order valence-electron chi connectivity index (χ3n) is 3.47. The highest BCUT2D eigenvalue weighted by Gasteiger charge is 2.28. The molecule has 2 aromatic carbocycles. The van der Waals surface area contributed by atoms with E-state index >= 15 is 0 Å². The van der Waals surface area contributed by atoms with Gasteiger partial charge in [-0.1, -0.05) is 18.2 Å². The number of likely N-dealkylation sites (N-methyl/N-ethyl adjacent to an activating group) is 1. The molecule has 0 fully saturated rings. The minimum absolute atomic E-state index is 0.0333. The molecule has 0 saturated heterocycles. The van der Waals surface area contributed by atoms with Crippen molar-refractivity contribution in [3.05, 3.63) is 58.6 Å². The monoisotopic (exact) mass is 366 g/mol. The largest absolute Gasteiger partial charge is 0.497 e. The van der Waals surface area contributed by atoms with Crippen LogP contribution in [0.3, 0.4) is 0 Å². The second-order valence-corrected chi connectivity index (χ2v) is 7.09. The topological polar surface area (TPSA) is 99.0 Å². The Morgan fingerprint density at radius 1 is 1.12 bits per heavy atom. The van der Waals surface area contributed by atoms with Crippen LogP contribution in [0, 0.1) is 10.1 Å². The fourth-order valence-electron chi connectivity index (χ4n) is 2.10. The number of rotatable bonds is 8. The van der Waals surface area contributed by atoms with Crippen LogP contribution < -0.4 is 9.47 Å². The lowest BCUT2D eigenvalue weighted by Gasteiger charge is -2.17. The van der Waals surface area contributed by atoms with Gasteiger partial charge in [0.1, 0.15) is 18.1 Å². The first kappa shape index (κ1) is 18.7. The van der Waals surface area contributed by atoms with Crippen molar-refractivity contribution >= 4 is 15.7 Å². The van der Waals surface area contributed by atoms with Gasteiger partial charge < -0.3 is 9.47 Å². The first-order valence-electron chi connectivity index (χ1n) is 7.33. The van der Waals surface area contributed by atoms with Gasteiger partial charge in [-0.2, -0.15) is 4.31 Å². The second kappa shape index (κ2) is 7.95. The normalized spacial score (nSPS) is 11.3. The molecule has 0 amide bonds. The summed E-state index contributed by atoms with van der Waals surface area (Å²) in [5.41, 5.74) is -0.455. The van der Waals surface area contributed by atoms with Crippen LogP contribution in [0.4, 0.5) is 5.69 Å². The summed E-state index contributed by atoms with van der Waals surface area (Å²) in [5, 5.41) is 11.0. The van der Waals surface area contributed by atoms with E-state index < -0.39 is 20.6 Å². The number of hydrogen-bond acceptors (Lipinski definition) is 6. The van der Waals surface area contributed by atoms with Crippen molar-refractivity contribution in [2.45, 2.75) is 4.90 Å². The molecule has 0 aliphatic rings. The summed E-state index contributed by atoms with van der Waals surface area (Å²) in [6.45, 7) is 0.120. The van der Waals surface area contributed by atoms with E-state index in [2.05, 4.69) is 0 Å². The Morgan fingerprint density at radius 3 is 2.48 bits per heavy atom. The minimum atomic E-state index is -3.99. The molecule has 9 heteroatoms. The van der Waals surface area contributed by atoms with Crippen molar-refractivity contribution in [2.24, 2.45) is 0 Å². The molecule has 0 unspecified atom stereocenters. The molecule has 0 aromatic heterocycles. The van der Waals surface area contributed by atoms with Crippen LogP contribution in [0.25, 0.3) is 0 Å². The molecule has 0 aliphatic heterocycles. The summed E-state index contributed by atoms with van der Waals surface area (Å²) in [4.78, 5) is 9.98. The summed E-state index contributed by atoms with van der Waals surface area (Å²) in [6, 6.07) is 12.2. The second-order valence-electron chi connectivity index (χ2n) is 5.08. The number of sulfonamides is 1. The highest BCUT2D eigenvalue weighted by atomic mass is 32.2. The zero-order valence-electron chi connectivity index (χ0n) is 13.8. The molecule has 0 N–H and O–H groups in total. The van der Waals surface area contributed by atoms with Crippen LogP contribution >= 0.6 is 0 Å². The average molecular weight is 366 g/mol. The Balaban J connectivity index is 2.07. The van der Waals surface area contributed by atoms with Crippen LogP contribution in [0.15, 0.2) is 53.4 Å². The fourth-order valence-corrected chi connectivity index (χ4v) is 3.41. The van der Waals surface area contributed by atoms with Crippen molar-refractivity contribution in [3.63, 3.8) is 0 Å². The van der Waals surface area contributed by atoms with E-state index in [9.17, 15) is 18.5 Å². The third-order valence-corrected chi connectivity index (χ3v) is 5.37. The number of para-hydroxylation sites is 1. The maximum Gasteiger partial charge on any atom is 0.289 e. The molecule has 2 rings (SSSR count). The number of nitrogens with zero attached hydrogens (tertiary/aromatic N) is 2. The molecule has 0 heterocycles. The first-order valence-corrected chi connectivity index (χ1v) is 8.77. The third kappa shape index (κ3) is 4.46. The van der Waals surface area contributed by atoms with Crippen molar-refractivity contribution in [2.75, 3.05) is 27.3 Å². The lowest BCUT2D eigenvalue weighted by Crippen LogP contribution is -2.31. The first-order chi connectivity index (χ1) is 11.9. The Kier molecular flexibility index (Phi) is 5.94. The van der Waals surface area contributed by atoms with E-state index in [4.69, 9.17) is 9.47 Å². The number of benzene rings is 2. The minimum Gasteiger partial charge on any atom is -0.497 e. The Labute approximate surface area is 145 Å². The number of methoxy groups -OCH3 is 1. The summed E-state index contributed by atoms with van der Waals surface area (Å²) < 4.78 is 36.7. The Hall–Kier alpha value is -2.65. The Bertz CT molecular complexity index is 853. The Morgan fingerprint density at radius 2 is 1.80 bits per heavy atom. The van der Waals surface area contributed by atoms with Crippen LogP contribution in [-0.4, -0.2) is 45.0 Å². The van der Waals surface area contributed by atoms with E-state index in [1.807, 2.05) is 0 Å². The van der Waals surface area contributed by atoms with Gasteiger partial charge in [0, 0.05) is 25.7 Å². The smallest absolute Gasteiger partial charge is 0.289 e. The number of nitro groups is 1. The summed E-state index contributed by atoms with van der Waals surface area (Å²) in [5.74, 6) is 1.16. The van der Waals surface area contributed by atoms with Gasteiger partial charge in [-0.25, -0.2) is 8.42 Å². The molecule has 0 spiro atoms. The maximum absolute atomic E-state index is 12.5. The van der Waals surface area contributed by atoms with Gasteiger partial charge in [-0.05, 0) is 18.2 Å². The van der Waals surface area contributed by atoms with Crippen molar-refractivity contribution < 1.29 is 22.8 Å². The maximum atomic E-state index is 12.5. The number of nitro benzene ring substituents is 1. The fraction of sp³-hybridized carbons (Fsp3) is 0.250. The van der Waals surface area contributed by atoms with E-state index in [1.54, 1.807) is 24.3 Å². The van der Waals surface area contributed by atoms with Gasteiger partial charge in [-0.3, -0.25) is 10.1 Å². The summed E-state index contributed by atoms with van der Waals surface area (Å²) in [6.07, 6.45) is 0. The zero-order chi connectivity index (χ0) is 18.4. The van der Waals surface area contributed by atoms with Gasteiger partial charge >= 0.3 is 0 Å². The zero-order valence-corrected chi connectivity index (χ0v) is 14.6. The van der Waals surface area contributed by atoms with E-state index in [0.29, 0.717) is 11.5 Å². The summed E-state index contributed by atoms with van der Waals surface area (Å²) >= 11 is 0. The lowest BCUT2D eigenvalue weighted by molar-refractivity contribution is -0.387. The average Bonchev–Trinajstić information content (AvgIpc) is 2.61. The van der Waals surface area contributed by atoms with Crippen LogP contribution in [0.2, 0.25) is 0 Å². The number of hydrogen-bond donors (Lipinski definition) is 0. The predicted octanol–water partition coefficient (Wildman–Crippen LogP) is 2.30. The highest BCUT2D eigenvalue weighted by molar-refractivity contribution is 7.89. The van der Waals surface area contributed by atoms with Gasteiger partial charge in [0.2, 0.25) is 10.0 Å². The van der Waals surface area contributed by atoms with Crippen LogP contribution in [0.1, 0.15) is 0 Å². The van der Waals surface area contributed by atoms with Gasteiger partial charge in [0.15, 0.2) is 4.90 Å². The van der Waals surface area contributed by atoms with E-state index in [1.165, 1.54) is 32.4 Å². The van der Waals surface area contributed by atoms with Crippen molar-refractivity contribution in [1.82, 2.24) is 4.31 Å². The molecule has 0 radical (unpaired) electrons. The van der Waals surface area contributed by atoms with Crippen molar-refractivity contribution in [1.29, 1.82) is 0 Å². The molecular weight excluding hydrogens is 348 g/mol. The SMILES string of the molecule is COc1cccc(OCCN(C)S(=O)(=O)c2ccccc2[N+](=O)[O-])c1. The standard InChI is InChI=1S/C16H18N2O6S/c1-17(10-11-24-14-7-5-6-13(12-14)23-2)25(21,22)16-9-4-3-8-15(16)18(19)20/h3-9,12H,10-11H2,1-2H3. The number of ether oxygens (including phenoxy) is 2. The molecule has 2 aromatic rings. The van der Waals surface area contributed by atoms with E-state index in [0.717, 1.165) is 10.4 Å². The van der Waals surface area contributed by atoms with Gasteiger partial charge in [0.05, 0.1) is 12.0 Å². The molecule has 25 heavy (non-hydrogen) atoms. The lowest BCUT2D eigenvalue weighted by atomic mass is 10.3. The quantitative estimate of drug-likeness (QED) is 0.525. The van der Waals surface area contributed by atoms with Crippen LogP contribution in [0.5, 0.6) is 11.5 Å². The molecule has 8 nitrogen and oxygen atoms in total. The molecule has 0 bridgehead atoms. The molecular formula is C16H18N2O6S. The molecule has 0 aliphatic carbocycles. The molecule has 0 atom stereocenters. The predicted molar refractivity (Wildman–Crippen MR) is 91.4 cm³/mol. The van der Waals surface area contributed by atoms with Gasteiger partial charge in [0.25, 0.3) is 5.69 Å². The van der Waals surface area contributed by atoms with Crippen molar-refractivity contribution in [3.8, 4) is 11.5 Å². The van der Waals surface area contributed by atoms with E-state index in [-0.39, 0.29) is 18.0 Å². The molecule has 134 valence electrons. The molecule has 0 saturated carbocycles. The van der Waals surface area contributed by atoms with Crippen LogP contribution in [-0.2, 0) is 10.0 Å². The summed E-state index contributed by atoms with van der Waals surface area (Å²) in [7, 11) is -1.11.